The predicted molar refractivity (Wildman–Crippen MR) is 160 cm³/mol. The summed E-state index contributed by atoms with van der Waals surface area (Å²) in [4.78, 5) is 24.9. The van der Waals surface area contributed by atoms with E-state index in [1.54, 1.807) is 7.05 Å². The highest BCUT2D eigenvalue weighted by atomic mass is 16.6. The quantitative estimate of drug-likeness (QED) is 0.386. The number of carbonyl (C=O) groups is 2. The molecule has 7 aliphatic rings. The van der Waals surface area contributed by atoms with E-state index >= 15 is 0 Å². The highest BCUT2D eigenvalue weighted by molar-refractivity contribution is 5.68. The number of ether oxygens (including phenoxy) is 3. The van der Waals surface area contributed by atoms with E-state index in [1.165, 1.54) is 51.4 Å². The lowest BCUT2D eigenvalue weighted by atomic mass is 9.46. The minimum Gasteiger partial charge on any atom is -0.446 e. The monoisotopic (exact) mass is 585 g/mol. The van der Waals surface area contributed by atoms with E-state index in [4.69, 9.17) is 14.2 Å². The zero-order valence-corrected chi connectivity index (χ0v) is 26.8. The molecule has 7 rings (SSSR count). The first-order valence-electron chi connectivity index (χ1n) is 17.2. The zero-order chi connectivity index (χ0) is 29.7. The topological polar surface area (TPSA) is 97.9 Å². The smallest absolute Gasteiger partial charge is 0.407 e. The maximum absolute atomic E-state index is 12.7. The average Bonchev–Trinajstić information content (AvgIpc) is 3.50. The Hall–Kier alpha value is -1.54. The van der Waals surface area contributed by atoms with Gasteiger partial charge in [0.2, 0.25) is 0 Å². The van der Waals surface area contributed by atoms with Crippen molar-refractivity contribution >= 4 is 12.2 Å². The van der Waals surface area contributed by atoms with Gasteiger partial charge in [0.05, 0.1) is 18.2 Å². The van der Waals surface area contributed by atoms with Gasteiger partial charge in [-0.1, -0.05) is 34.6 Å². The van der Waals surface area contributed by atoms with Crippen LogP contribution in [0, 0.1) is 51.2 Å². The number of rotatable bonds is 5. The van der Waals surface area contributed by atoms with Gasteiger partial charge in [0.1, 0.15) is 12.2 Å². The van der Waals surface area contributed by atoms with Crippen LogP contribution in [0.25, 0.3) is 0 Å². The van der Waals surface area contributed by atoms with Gasteiger partial charge in [-0.15, -0.1) is 0 Å². The molecule has 5 saturated carbocycles. The van der Waals surface area contributed by atoms with E-state index in [0.717, 1.165) is 37.8 Å². The zero-order valence-electron chi connectivity index (χ0n) is 26.8. The molecule has 8 heteroatoms. The molecule has 3 N–H and O–H groups in total. The number of carbonyl (C=O) groups excluding carboxylic acids is 2. The van der Waals surface area contributed by atoms with Crippen molar-refractivity contribution in [3.8, 4) is 0 Å². The molecule has 11 atom stereocenters. The Morgan fingerprint density at radius 1 is 0.905 bits per heavy atom. The van der Waals surface area contributed by atoms with E-state index in [2.05, 4.69) is 50.6 Å². The number of nitrogens with one attached hydrogen (secondary N) is 3. The van der Waals surface area contributed by atoms with Crippen molar-refractivity contribution in [3.63, 3.8) is 0 Å². The first-order valence-corrected chi connectivity index (χ1v) is 17.2. The third-order valence-electron chi connectivity index (χ3n) is 14.4. The molecule has 0 aromatic rings. The number of hydrogen-bond donors (Lipinski definition) is 3. The van der Waals surface area contributed by atoms with Crippen LogP contribution < -0.4 is 16.0 Å². The molecule has 2 saturated heterocycles. The summed E-state index contributed by atoms with van der Waals surface area (Å²) in [7, 11) is 1.63. The Kier molecular flexibility index (Phi) is 6.94. The Morgan fingerprint density at radius 2 is 1.67 bits per heavy atom. The highest BCUT2D eigenvalue weighted by Crippen LogP contribution is 2.87. The van der Waals surface area contributed by atoms with Gasteiger partial charge in [-0.2, -0.15) is 0 Å². The predicted octanol–water partition coefficient (Wildman–Crippen LogP) is 5.64. The van der Waals surface area contributed by atoms with Crippen molar-refractivity contribution < 1.29 is 23.8 Å². The Morgan fingerprint density at radius 3 is 2.36 bits per heavy atom. The Labute approximate surface area is 252 Å². The highest BCUT2D eigenvalue weighted by Gasteiger charge is 2.81. The van der Waals surface area contributed by atoms with Gasteiger partial charge in [-0.05, 0) is 110 Å². The maximum Gasteiger partial charge on any atom is 0.407 e. The van der Waals surface area contributed by atoms with Gasteiger partial charge in [0.25, 0.3) is 0 Å². The van der Waals surface area contributed by atoms with Crippen LogP contribution in [0.15, 0.2) is 0 Å². The van der Waals surface area contributed by atoms with Crippen molar-refractivity contribution in [1.82, 2.24) is 16.0 Å². The lowest BCUT2D eigenvalue weighted by Gasteiger charge is -2.59. The van der Waals surface area contributed by atoms with E-state index in [-0.39, 0.29) is 54.0 Å². The molecule has 0 bridgehead atoms. The van der Waals surface area contributed by atoms with Gasteiger partial charge in [-0.25, -0.2) is 9.59 Å². The molecule has 2 amide bonds. The molecule has 8 unspecified atom stereocenters. The lowest BCUT2D eigenvalue weighted by molar-refractivity contribution is -0.148. The summed E-state index contributed by atoms with van der Waals surface area (Å²) in [6.45, 7) is 13.3. The summed E-state index contributed by atoms with van der Waals surface area (Å²) in [5.74, 6) is 2.96. The third kappa shape index (κ3) is 4.12. The lowest BCUT2D eigenvalue weighted by Crippen LogP contribution is -2.59. The SMILES string of the molecule is CNC(=O)O[C@H](C(C)C)C1CCC2C(CC3C4CCC5C(C)(C)[C@@H](OC(=O)NC6CNC6)CCC56C[C@@]46CCC23C)O1. The van der Waals surface area contributed by atoms with Crippen molar-refractivity contribution in [2.75, 3.05) is 20.1 Å². The third-order valence-corrected chi connectivity index (χ3v) is 14.4. The molecule has 2 aliphatic heterocycles. The summed E-state index contributed by atoms with van der Waals surface area (Å²) < 4.78 is 18.9. The van der Waals surface area contributed by atoms with Crippen molar-refractivity contribution in [3.05, 3.63) is 0 Å². The minimum atomic E-state index is -0.358. The molecule has 5 aliphatic carbocycles. The van der Waals surface area contributed by atoms with Gasteiger partial charge in [0.15, 0.2) is 0 Å². The normalized spacial score (nSPS) is 47.4. The molecule has 0 aromatic carbocycles. The molecule has 2 spiro atoms. The molecule has 0 radical (unpaired) electrons. The van der Waals surface area contributed by atoms with Crippen LogP contribution in [-0.2, 0) is 14.2 Å². The first kappa shape index (κ1) is 29.2. The number of amides is 2. The fourth-order valence-corrected chi connectivity index (χ4v) is 12.2. The molecule has 7 fully saturated rings. The molecule has 2 heterocycles. The fourth-order valence-electron chi connectivity index (χ4n) is 12.2. The fraction of sp³-hybridized carbons (Fsp3) is 0.941. The van der Waals surface area contributed by atoms with Crippen LogP contribution in [0.2, 0.25) is 0 Å². The van der Waals surface area contributed by atoms with Crippen LogP contribution >= 0.6 is 0 Å². The number of fused-ring (bicyclic) bond motifs is 4. The molecule has 236 valence electrons. The summed E-state index contributed by atoms with van der Waals surface area (Å²) in [5.41, 5.74) is 1.24. The van der Waals surface area contributed by atoms with E-state index in [0.29, 0.717) is 28.1 Å². The number of hydrogen-bond acceptors (Lipinski definition) is 6. The number of alkyl carbamates (subject to hydrolysis) is 2. The molecule has 0 aromatic heterocycles. The van der Waals surface area contributed by atoms with E-state index in [1.807, 2.05) is 0 Å². The largest absolute Gasteiger partial charge is 0.446 e. The second-order valence-corrected chi connectivity index (χ2v) is 16.6. The molecule has 42 heavy (non-hydrogen) atoms. The van der Waals surface area contributed by atoms with Crippen LogP contribution in [-0.4, -0.2) is 62.8 Å². The maximum atomic E-state index is 12.7. The standard InChI is InChI=1S/C34H55N3O5/c1-19(2)28(42-29(38)35-6)24-9-7-22-25(40-24)15-23-21-8-10-26-31(3,4)27(41-30(39)37-20-16-36-17-20)11-12-34(26)18-33(21,34)14-13-32(22,23)5/h19-28,36H,7-18H2,1-6H3,(H,35,38)(H,37,39)/t21?,22?,23?,24?,25?,26?,27-,28+,32?,33-,34?/m0/s1. The van der Waals surface area contributed by atoms with Crippen LogP contribution in [0.5, 0.6) is 0 Å². The Balaban J connectivity index is 1.06. The van der Waals surface area contributed by atoms with Crippen molar-refractivity contribution in [1.29, 1.82) is 0 Å². The van der Waals surface area contributed by atoms with Crippen molar-refractivity contribution in [2.45, 2.75) is 129 Å². The molecular weight excluding hydrogens is 530 g/mol. The van der Waals surface area contributed by atoms with Crippen molar-refractivity contribution in [2.24, 2.45) is 51.2 Å². The van der Waals surface area contributed by atoms with E-state index < -0.39 is 0 Å². The first-order chi connectivity index (χ1) is 19.9. The second-order valence-electron chi connectivity index (χ2n) is 16.6. The summed E-state index contributed by atoms with van der Waals surface area (Å²) in [5, 5.41) is 8.90. The van der Waals surface area contributed by atoms with Crippen LogP contribution in [0.3, 0.4) is 0 Å². The Bertz CT molecular complexity index is 1090. The average molecular weight is 586 g/mol. The summed E-state index contributed by atoms with van der Waals surface area (Å²) >= 11 is 0. The van der Waals surface area contributed by atoms with Gasteiger partial charge in [-0.3, -0.25) is 0 Å². The molecular formula is C34H55N3O5. The van der Waals surface area contributed by atoms with Gasteiger partial charge < -0.3 is 30.2 Å². The van der Waals surface area contributed by atoms with Crippen LogP contribution in [0.4, 0.5) is 9.59 Å². The van der Waals surface area contributed by atoms with Gasteiger partial charge >= 0.3 is 12.2 Å². The second kappa shape index (κ2) is 9.98. The van der Waals surface area contributed by atoms with Crippen LogP contribution in [0.1, 0.15) is 98.8 Å². The minimum absolute atomic E-state index is 0.000685. The molecule has 8 nitrogen and oxygen atoms in total. The van der Waals surface area contributed by atoms with Gasteiger partial charge in [0, 0.05) is 25.6 Å². The summed E-state index contributed by atoms with van der Waals surface area (Å²) in [6.07, 6.45) is 11.6. The van der Waals surface area contributed by atoms with E-state index in [9.17, 15) is 9.59 Å². The summed E-state index contributed by atoms with van der Waals surface area (Å²) in [6, 6.07) is 0.211.